The highest BCUT2D eigenvalue weighted by Crippen LogP contribution is 2.30. The lowest BCUT2D eigenvalue weighted by molar-refractivity contribution is 0.302. The molecule has 1 atom stereocenters. The first kappa shape index (κ1) is 13.8. The van der Waals surface area contributed by atoms with E-state index in [2.05, 4.69) is 13.8 Å². The summed E-state index contributed by atoms with van der Waals surface area (Å²) >= 11 is 11.9. The summed E-state index contributed by atoms with van der Waals surface area (Å²) < 4.78 is 0. The van der Waals surface area contributed by atoms with Crippen LogP contribution in [0.5, 0.6) is 0 Å². The molecule has 1 unspecified atom stereocenters. The number of hydrogen-bond acceptors (Lipinski definition) is 1. The van der Waals surface area contributed by atoms with Gasteiger partial charge in [0, 0.05) is 0 Å². The van der Waals surface area contributed by atoms with Gasteiger partial charge in [0.1, 0.15) is 0 Å². The van der Waals surface area contributed by atoms with Crippen molar-refractivity contribution in [3.8, 4) is 0 Å². The third kappa shape index (κ3) is 3.65. The zero-order chi connectivity index (χ0) is 12.2. The number of rotatable bonds is 5. The van der Waals surface area contributed by atoms with Crippen molar-refractivity contribution in [2.45, 2.75) is 33.1 Å². The van der Waals surface area contributed by atoms with E-state index in [1.54, 1.807) is 0 Å². The summed E-state index contributed by atoms with van der Waals surface area (Å²) in [5, 5.41) is 1.23. The first-order valence-electron chi connectivity index (χ1n) is 5.65. The molecule has 0 radical (unpaired) electrons. The molecule has 1 rings (SSSR count). The molecule has 1 aromatic carbocycles. The van der Waals surface area contributed by atoms with Crippen LogP contribution in [0.15, 0.2) is 18.2 Å². The molecule has 0 heterocycles. The first-order valence-corrected chi connectivity index (χ1v) is 6.40. The molecular weight excluding hydrogens is 241 g/mol. The Labute approximate surface area is 108 Å². The van der Waals surface area contributed by atoms with Gasteiger partial charge in [-0.25, -0.2) is 0 Å². The molecule has 2 N–H and O–H groups in total. The molecular formula is C13H19Cl2N. The molecule has 1 aromatic rings. The van der Waals surface area contributed by atoms with Crippen molar-refractivity contribution >= 4 is 23.2 Å². The maximum Gasteiger partial charge on any atom is 0.0595 e. The average molecular weight is 260 g/mol. The van der Waals surface area contributed by atoms with E-state index < -0.39 is 0 Å². The van der Waals surface area contributed by atoms with Crippen molar-refractivity contribution in [2.75, 3.05) is 6.54 Å². The summed E-state index contributed by atoms with van der Waals surface area (Å²) in [6.07, 6.45) is 3.23. The third-order valence-corrected chi connectivity index (χ3v) is 3.70. The predicted octanol–water partition coefficient (Wildman–Crippen LogP) is 4.30. The highest BCUT2D eigenvalue weighted by atomic mass is 35.5. The van der Waals surface area contributed by atoms with Gasteiger partial charge in [-0.15, -0.1) is 0 Å². The summed E-state index contributed by atoms with van der Waals surface area (Å²) in [6.45, 7) is 5.10. The summed E-state index contributed by atoms with van der Waals surface area (Å²) in [6, 6.07) is 5.81. The molecule has 0 aliphatic heterocycles. The van der Waals surface area contributed by atoms with E-state index in [9.17, 15) is 0 Å². The van der Waals surface area contributed by atoms with Gasteiger partial charge in [-0.1, -0.05) is 49.5 Å². The second-order valence-corrected chi connectivity index (χ2v) is 5.50. The second kappa shape index (κ2) is 5.90. The summed E-state index contributed by atoms with van der Waals surface area (Å²) in [5.74, 6) is 0. The largest absolute Gasteiger partial charge is 0.330 e. The van der Waals surface area contributed by atoms with E-state index in [1.807, 2.05) is 18.2 Å². The maximum absolute atomic E-state index is 6.00. The van der Waals surface area contributed by atoms with Crippen molar-refractivity contribution in [1.82, 2.24) is 0 Å². The van der Waals surface area contributed by atoms with Crippen LogP contribution in [0.25, 0.3) is 0 Å². The summed E-state index contributed by atoms with van der Waals surface area (Å²) in [5.41, 5.74) is 7.21. The predicted molar refractivity (Wildman–Crippen MR) is 72.2 cm³/mol. The Balaban J connectivity index is 2.81. The summed E-state index contributed by atoms with van der Waals surface area (Å²) in [4.78, 5) is 0. The van der Waals surface area contributed by atoms with Crippen molar-refractivity contribution < 1.29 is 0 Å². The maximum atomic E-state index is 6.00. The van der Waals surface area contributed by atoms with E-state index in [-0.39, 0.29) is 5.41 Å². The normalized spacial score (nSPS) is 14.8. The number of nitrogens with two attached hydrogens (primary N) is 1. The number of hydrogen-bond donors (Lipinski definition) is 1. The lowest BCUT2D eigenvalue weighted by Gasteiger charge is -2.27. The SMILES string of the molecule is CCCC(C)(CN)Cc1ccc(Cl)c(Cl)c1. The van der Waals surface area contributed by atoms with Gasteiger partial charge < -0.3 is 5.73 Å². The molecule has 0 bridgehead atoms. The van der Waals surface area contributed by atoms with Crippen LogP contribution in [-0.2, 0) is 6.42 Å². The van der Waals surface area contributed by atoms with E-state index in [0.29, 0.717) is 16.6 Å². The lowest BCUT2D eigenvalue weighted by atomic mass is 9.80. The minimum atomic E-state index is 0.159. The fourth-order valence-electron chi connectivity index (χ4n) is 2.01. The van der Waals surface area contributed by atoms with Crippen LogP contribution in [0.4, 0.5) is 0 Å². The third-order valence-electron chi connectivity index (χ3n) is 2.96. The quantitative estimate of drug-likeness (QED) is 0.839. The van der Waals surface area contributed by atoms with Gasteiger partial charge in [-0.05, 0) is 42.5 Å². The van der Waals surface area contributed by atoms with Crippen LogP contribution in [0.2, 0.25) is 10.0 Å². The highest BCUT2D eigenvalue weighted by Gasteiger charge is 2.22. The Morgan fingerprint density at radius 1 is 1.25 bits per heavy atom. The first-order chi connectivity index (χ1) is 7.50. The molecule has 0 saturated carbocycles. The minimum Gasteiger partial charge on any atom is -0.330 e. The van der Waals surface area contributed by atoms with Crippen LogP contribution in [-0.4, -0.2) is 6.54 Å². The zero-order valence-electron chi connectivity index (χ0n) is 9.89. The standard InChI is InChI=1S/C13H19Cl2N/c1-3-6-13(2,9-16)8-10-4-5-11(14)12(15)7-10/h4-5,7H,3,6,8-9,16H2,1-2H3. The molecule has 0 saturated heterocycles. The zero-order valence-corrected chi connectivity index (χ0v) is 11.4. The Kier molecular flexibility index (Phi) is 5.10. The number of halogens is 2. The van der Waals surface area contributed by atoms with Gasteiger partial charge in [0.2, 0.25) is 0 Å². The van der Waals surface area contributed by atoms with E-state index >= 15 is 0 Å². The van der Waals surface area contributed by atoms with Crippen LogP contribution in [0.1, 0.15) is 32.3 Å². The fourth-order valence-corrected chi connectivity index (χ4v) is 2.33. The van der Waals surface area contributed by atoms with Crippen LogP contribution < -0.4 is 5.73 Å². The van der Waals surface area contributed by atoms with Crippen molar-refractivity contribution in [2.24, 2.45) is 11.1 Å². The molecule has 1 nitrogen and oxygen atoms in total. The fraction of sp³-hybridized carbons (Fsp3) is 0.538. The Hall–Kier alpha value is -0.240. The monoisotopic (exact) mass is 259 g/mol. The molecule has 0 spiro atoms. The molecule has 0 fully saturated rings. The van der Waals surface area contributed by atoms with Crippen LogP contribution >= 0.6 is 23.2 Å². The van der Waals surface area contributed by atoms with Gasteiger partial charge in [0.25, 0.3) is 0 Å². The Morgan fingerprint density at radius 3 is 2.44 bits per heavy atom. The van der Waals surface area contributed by atoms with E-state index in [0.717, 1.165) is 19.3 Å². The Bertz CT molecular complexity index is 352. The summed E-state index contributed by atoms with van der Waals surface area (Å²) in [7, 11) is 0. The van der Waals surface area contributed by atoms with Crippen molar-refractivity contribution in [3.63, 3.8) is 0 Å². The molecule has 0 aliphatic rings. The second-order valence-electron chi connectivity index (χ2n) is 4.69. The van der Waals surface area contributed by atoms with Crippen molar-refractivity contribution in [3.05, 3.63) is 33.8 Å². The topological polar surface area (TPSA) is 26.0 Å². The van der Waals surface area contributed by atoms with Gasteiger partial charge in [-0.3, -0.25) is 0 Å². The van der Waals surface area contributed by atoms with Crippen LogP contribution in [0, 0.1) is 5.41 Å². The Morgan fingerprint density at radius 2 is 1.94 bits per heavy atom. The van der Waals surface area contributed by atoms with Crippen molar-refractivity contribution in [1.29, 1.82) is 0 Å². The minimum absolute atomic E-state index is 0.159. The van der Waals surface area contributed by atoms with Gasteiger partial charge in [0.15, 0.2) is 0 Å². The average Bonchev–Trinajstić information content (AvgIpc) is 2.24. The van der Waals surface area contributed by atoms with E-state index in [1.165, 1.54) is 5.56 Å². The smallest absolute Gasteiger partial charge is 0.0595 e. The van der Waals surface area contributed by atoms with Crippen LogP contribution in [0.3, 0.4) is 0 Å². The van der Waals surface area contributed by atoms with E-state index in [4.69, 9.17) is 28.9 Å². The van der Waals surface area contributed by atoms with Gasteiger partial charge in [-0.2, -0.15) is 0 Å². The molecule has 0 aliphatic carbocycles. The lowest BCUT2D eigenvalue weighted by Crippen LogP contribution is -2.29. The number of benzene rings is 1. The molecule has 3 heteroatoms. The molecule has 0 aromatic heterocycles. The molecule has 16 heavy (non-hydrogen) atoms. The highest BCUT2D eigenvalue weighted by molar-refractivity contribution is 6.42. The van der Waals surface area contributed by atoms with Gasteiger partial charge in [0.05, 0.1) is 10.0 Å². The van der Waals surface area contributed by atoms with Gasteiger partial charge >= 0.3 is 0 Å². The molecule has 90 valence electrons. The molecule has 0 amide bonds.